The SMILES string of the molecule is OCc1ccc(Cl)cc1Sc1ncc[nH]1. The van der Waals surface area contributed by atoms with Gasteiger partial charge < -0.3 is 10.1 Å². The molecule has 0 radical (unpaired) electrons. The summed E-state index contributed by atoms with van der Waals surface area (Å²) in [5.74, 6) is 0. The number of imidazole rings is 1. The van der Waals surface area contributed by atoms with Crippen LogP contribution in [0.25, 0.3) is 0 Å². The first-order valence-corrected chi connectivity index (χ1v) is 5.55. The Morgan fingerprint density at radius 2 is 2.33 bits per heavy atom. The number of nitrogens with zero attached hydrogens (tertiary/aromatic N) is 1. The van der Waals surface area contributed by atoms with Crippen LogP contribution in [-0.2, 0) is 6.61 Å². The summed E-state index contributed by atoms with van der Waals surface area (Å²) in [7, 11) is 0. The minimum atomic E-state index is 0.000209. The molecule has 0 atom stereocenters. The largest absolute Gasteiger partial charge is 0.392 e. The number of nitrogens with one attached hydrogen (secondary N) is 1. The van der Waals surface area contributed by atoms with E-state index in [-0.39, 0.29) is 6.61 Å². The molecule has 2 aromatic rings. The van der Waals surface area contributed by atoms with Crippen molar-refractivity contribution in [3.63, 3.8) is 0 Å². The summed E-state index contributed by atoms with van der Waals surface area (Å²) >= 11 is 7.34. The Morgan fingerprint density at radius 1 is 1.47 bits per heavy atom. The van der Waals surface area contributed by atoms with Crippen LogP contribution in [0.15, 0.2) is 40.6 Å². The first-order valence-electron chi connectivity index (χ1n) is 4.36. The number of halogens is 1. The van der Waals surface area contributed by atoms with Gasteiger partial charge in [0.1, 0.15) is 0 Å². The summed E-state index contributed by atoms with van der Waals surface area (Å²) in [6, 6.07) is 5.40. The van der Waals surface area contributed by atoms with Crippen LogP contribution >= 0.6 is 23.4 Å². The van der Waals surface area contributed by atoms with Crippen molar-refractivity contribution < 1.29 is 5.11 Å². The Labute approximate surface area is 96.5 Å². The summed E-state index contributed by atoms with van der Waals surface area (Å²) < 4.78 is 0. The van der Waals surface area contributed by atoms with Gasteiger partial charge in [-0.3, -0.25) is 0 Å². The molecule has 1 aromatic carbocycles. The van der Waals surface area contributed by atoms with Crippen LogP contribution in [-0.4, -0.2) is 15.1 Å². The van der Waals surface area contributed by atoms with E-state index in [1.807, 2.05) is 12.1 Å². The van der Waals surface area contributed by atoms with E-state index in [0.29, 0.717) is 5.02 Å². The van der Waals surface area contributed by atoms with Crippen molar-refractivity contribution in [2.75, 3.05) is 0 Å². The number of rotatable bonds is 3. The topological polar surface area (TPSA) is 48.9 Å². The number of aromatic amines is 1. The molecular weight excluding hydrogens is 232 g/mol. The molecule has 0 aliphatic heterocycles. The van der Waals surface area contributed by atoms with E-state index >= 15 is 0 Å². The lowest BCUT2D eigenvalue weighted by Crippen LogP contribution is -1.87. The first-order chi connectivity index (χ1) is 7.29. The van der Waals surface area contributed by atoms with Crippen LogP contribution in [0.4, 0.5) is 0 Å². The third-order valence-corrected chi connectivity index (χ3v) is 3.13. The number of aromatic nitrogens is 2. The predicted octanol–water partition coefficient (Wildman–Crippen LogP) is 2.71. The average Bonchev–Trinajstić information content (AvgIpc) is 2.71. The second-order valence-corrected chi connectivity index (χ2v) is 4.37. The molecule has 0 saturated carbocycles. The normalized spacial score (nSPS) is 10.5. The van der Waals surface area contributed by atoms with Crippen LogP contribution in [0.1, 0.15) is 5.56 Å². The number of benzene rings is 1. The van der Waals surface area contributed by atoms with Crippen LogP contribution in [0.3, 0.4) is 0 Å². The summed E-state index contributed by atoms with van der Waals surface area (Å²) in [6.07, 6.45) is 3.44. The van der Waals surface area contributed by atoms with Gasteiger partial charge in [0.15, 0.2) is 5.16 Å². The molecule has 0 aliphatic carbocycles. The zero-order chi connectivity index (χ0) is 10.7. The van der Waals surface area contributed by atoms with Crippen molar-refractivity contribution in [3.05, 3.63) is 41.2 Å². The van der Waals surface area contributed by atoms with Crippen molar-refractivity contribution in [1.82, 2.24) is 9.97 Å². The molecule has 0 amide bonds. The molecule has 1 heterocycles. The molecule has 0 fully saturated rings. The van der Waals surface area contributed by atoms with Crippen molar-refractivity contribution >= 4 is 23.4 Å². The number of aliphatic hydroxyl groups excluding tert-OH is 1. The lowest BCUT2D eigenvalue weighted by Gasteiger charge is -2.05. The fourth-order valence-electron chi connectivity index (χ4n) is 1.16. The zero-order valence-electron chi connectivity index (χ0n) is 7.77. The average molecular weight is 241 g/mol. The maximum atomic E-state index is 9.15. The van der Waals surface area contributed by atoms with E-state index in [1.165, 1.54) is 11.8 Å². The van der Waals surface area contributed by atoms with Gasteiger partial charge in [-0.25, -0.2) is 4.98 Å². The van der Waals surface area contributed by atoms with Gasteiger partial charge in [-0.1, -0.05) is 29.4 Å². The van der Waals surface area contributed by atoms with Gasteiger partial charge in [0.2, 0.25) is 0 Å². The molecular formula is C10H9ClN2OS. The van der Waals surface area contributed by atoms with Gasteiger partial charge in [-0.15, -0.1) is 0 Å². The highest BCUT2D eigenvalue weighted by molar-refractivity contribution is 7.99. The zero-order valence-corrected chi connectivity index (χ0v) is 9.35. The number of hydrogen-bond donors (Lipinski definition) is 2. The summed E-state index contributed by atoms with van der Waals surface area (Å²) in [4.78, 5) is 8.00. The molecule has 0 unspecified atom stereocenters. The molecule has 0 spiro atoms. The number of aliphatic hydroxyl groups is 1. The third-order valence-electron chi connectivity index (χ3n) is 1.88. The molecule has 0 bridgehead atoms. The number of hydrogen-bond acceptors (Lipinski definition) is 3. The maximum absolute atomic E-state index is 9.15. The second kappa shape index (κ2) is 4.70. The molecule has 1 aromatic heterocycles. The molecule has 5 heteroatoms. The highest BCUT2D eigenvalue weighted by atomic mass is 35.5. The smallest absolute Gasteiger partial charge is 0.170 e. The predicted molar refractivity (Wildman–Crippen MR) is 60.1 cm³/mol. The van der Waals surface area contributed by atoms with Gasteiger partial charge >= 0.3 is 0 Å². The van der Waals surface area contributed by atoms with Gasteiger partial charge in [0.05, 0.1) is 6.61 Å². The third kappa shape index (κ3) is 2.53. The monoisotopic (exact) mass is 240 g/mol. The molecule has 0 saturated heterocycles. The van der Waals surface area contributed by atoms with Crippen molar-refractivity contribution in [1.29, 1.82) is 0 Å². The minimum absolute atomic E-state index is 0.000209. The Morgan fingerprint density at radius 3 is 3.00 bits per heavy atom. The van der Waals surface area contributed by atoms with Crippen LogP contribution in [0.2, 0.25) is 5.02 Å². The minimum Gasteiger partial charge on any atom is -0.392 e. The van der Waals surface area contributed by atoms with Crippen LogP contribution < -0.4 is 0 Å². The molecule has 2 rings (SSSR count). The van der Waals surface area contributed by atoms with E-state index in [9.17, 15) is 0 Å². The van der Waals surface area contributed by atoms with Crippen LogP contribution in [0.5, 0.6) is 0 Å². The van der Waals surface area contributed by atoms with Crippen molar-refractivity contribution in [2.24, 2.45) is 0 Å². The van der Waals surface area contributed by atoms with Gasteiger partial charge in [-0.2, -0.15) is 0 Å². The Hall–Kier alpha value is -0.970. The van der Waals surface area contributed by atoms with Gasteiger partial charge in [0.25, 0.3) is 0 Å². The molecule has 3 nitrogen and oxygen atoms in total. The summed E-state index contributed by atoms with van der Waals surface area (Å²) in [5.41, 5.74) is 0.848. The summed E-state index contributed by atoms with van der Waals surface area (Å²) in [5, 5.41) is 10.6. The van der Waals surface area contributed by atoms with E-state index in [1.54, 1.807) is 18.5 Å². The standard InChI is InChI=1S/C10H9ClN2OS/c11-8-2-1-7(6-14)9(5-8)15-10-12-3-4-13-10/h1-5,14H,6H2,(H,12,13). The molecule has 2 N–H and O–H groups in total. The highest BCUT2D eigenvalue weighted by Gasteiger charge is 2.05. The van der Waals surface area contributed by atoms with Crippen molar-refractivity contribution in [2.45, 2.75) is 16.7 Å². The molecule has 15 heavy (non-hydrogen) atoms. The summed E-state index contributed by atoms with van der Waals surface area (Å²) in [6.45, 7) is 0.000209. The Kier molecular flexibility index (Phi) is 3.30. The number of H-pyrrole nitrogens is 1. The highest BCUT2D eigenvalue weighted by Crippen LogP contribution is 2.30. The second-order valence-electron chi connectivity index (χ2n) is 2.91. The molecule has 0 aliphatic rings. The van der Waals surface area contributed by atoms with E-state index in [2.05, 4.69) is 9.97 Å². The van der Waals surface area contributed by atoms with E-state index in [4.69, 9.17) is 16.7 Å². The lowest BCUT2D eigenvalue weighted by molar-refractivity contribution is 0.279. The Bertz CT molecular complexity index is 445. The van der Waals surface area contributed by atoms with Crippen LogP contribution in [0, 0.1) is 0 Å². The van der Waals surface area contributed by atoms with Crippen molar-refractivity contribution in [3.8, 4) is 0 Å². The van der Waals surface area contributed by atoms with E-state index in [0.717, 1.165) is 15.6 Å². The van der Waals surface area contributed by atoms with Gasteiger partial charge in [0, 0.05) is 22.3 Å². The Balaban J connectivity index is 2.30. The fraction of sp³-hybridized carbons (Fsp3) is 0.100. The lowest BCUT2D eigenvalue weighted by atomic mass is 10.2. The van der Waals surface area contributed by atoms with Gasteiger partial charge in [-0.05, 0) is 17.7 Å². The maximum Gasteiger partial charge on any atom is 0.170 e. The first kappa shape index (κ1) is 10.5. The molecule has 78 valence electrons. The quantitative estimate of drug-likeness (QED) is 0.867. The fourth-order valence-corrected chi connectivity index (χ4v) is 2.30. The van der Waals surface area contributed by atoms with E-state index < -0.39 is 0 Å².